The van der Waals surface area contributed by atoms with Crippen molar-refractivity contribution >= 4 is 17.7 Å². The smallest absolute Gasteiger partial charge is 0.247 e. The molecule has 22 heavy (non-hydrogen) atoms. The summed E-state index contributed by atoms with van der Waals surface area (Å²) in [5.74, 6) is 1.58. The van der Waals surface area contributed by atoms with E-state index in [2.05, 4.69) is 27.8 Å². The molecule has 3 rings (SSSR count). The minimum absolute atomic E-state index is 0.300. The highest BCUT2D eigenvalue weighted by molar-refractivity contribution is 8.00. The third kappa shape index (κ3) is 2.96. The molecule has 118 valence electrons. The maximum Gasteiger partial charge on any atom is 0.247 e. The number of tetrazole rings is 1. The zero-order valence-electron chi connectivity index (χ0n) is 12.9. The van der Waals surface area contributed by atoms with Crippen LogP contribution in [0.15, 0.2) is 24.3 Å². The van der Waals surface area contributed by atoms with Crippen LogP contribution in [-0.4, -0.2) is 48.5 Å². The first-order valence-corrected chi connectivity index (χ1v) is 8.60. The largest absolute Gasteiger partial charge is 0.387 e. The summed E-state index contributed by atoms with van der Waals surface area (Å²) in [6, 6.07) is 8.00. The zero-order chi connectivity index (χ0) is 15.6. The number of aliphatic hydroxyl groups is 1. The van der Waals surface area contributed by atoms with Crippen LogP contribution in [0.3, 0.4) is 0 Å². The van der Waals surface area contributed by atoms with Gasteiger partial charge in [0.25, 0.3) is 0 Å². The molecule has 2 unspecified atom stereocenters. The second-order valence-corrected chi connectivity index (χ2v) is 7.17. The third-order valence-corrected chi connectivity index (χ3v) is 5.52. The molecular weight excluding hydrogens is 298 g/mol. The molecular formula is C15H21N5OS. The first-order chi connectivity index (χ1) is 10.6. The minimum Gasteiger partial charge on any atom is -0.387 e. The summed E-state index contributed by atoms with van der Waals surface area (Å²) in [4.78, 5) is 0. The van der Waals surface area contributed by atoms with Crippen molar-refractivity contribution in [3.8, 4) is 5.69 Å². The van der Waals surface area contributed by atoms with Crippen LogP contribution in [0.2, 0.25) is 0 Å². The Bertz CT molecular complexity index is 629. The number of nitrogens with zero attached hydrogens (tertiary/aromatic N) is 4. The maximum atomic E-state index is 10.6. The Morgan fingerprint density at radius 1 is 1.41 bits per heavy atom. The van der Waals surface area contributed by atoms with E-state index < -0.39 is 5.60 Å². The first-order valence-electron chi connectivity index (χ1n) is 7.55. The Kier molecular flexibility index (Phi) is 4.35. The van der Waals surface area contributed by atoms with E-state index in [1.165, 1.54) is 5.56 Å². The van der Waals surface area contributed by atoms with Gasteiger partial charge in [-0.15, -0.1) is 0 Å². The molecule has 1 aliphatic rings. The van der Waals surface area contributed by atoms with Crippen molar-refractivity contribution in [2.45, 2.75) is 37.5 Å². The van der Waals surface area contributed by atoms with Gasteiger partial charge in [0.05, 0.1) is 11.3 Å². The topological polar surface area (TPSA) is 75.9 Å². The highest BCUT2D eigenvalue weighted by Crippen LogP contribution is 2.41. The van der Waals surface area contributed by atoms with Crippen molar-refractivity contribution in [3.63, 3.8) is 0 Å². The summed E-state index contributed by atoms with van der Waals surface area (Å²) in [7, 11) is 0. The third-order valence-electron chi connectivity index (χ3n) is 4.11. The van der Waals surface area contributed by atoms with Crippen LogP contribution >= 0.6 is 11.8 Å². The number of anilines is 1. The number of nitrogens with one attached hydrogen (secondary N) is 1. The average Bonchev–Trinajstić information content (AvgIpc) is 2.98. The van der Waals surface area contributed by atoms with E-state index in [1.807, 2.05) is 43.0 Å². The van der Waals surface area contributed by atoms with Gasteiger partial charge < -0.3 is 10.4 Å². The number of aromatic nitrogens is 4. The van der Waals surface area contributed by atoms with Crippen molar-refractivity contribution in [3.05, 3.63) is 29.8 Å². The lowest BCUT2D eigenvalue weighted by molar-refractivity contribution is -0.0121. The molecule has 0 bridgehead atoms. The van der Waals surface area contributed by atoms with Gasteiger partial charge in [0, 0.05) is 11.8 Å². The van der Waals surface area contributed by atoms with Gasteiger partial charge in [-0.3, -0.25) is 0 Å². The Hall–Kier alpha value is -1.60. The lowest BCUT2D eigenvalue weighted by Gasteiger charge is -2.45. The van der Waals surface area contributed by atoms with Gasteiger partial charge in [-0.05, 0) is 48.1 Å². The summed E-state index contributed by atoms with van der Waals surface area (Å²) >= 11 is 1.82. The first kappa shape index (κ1) is 15.3. The summed E-state index contributed by atoms with van der Waals surface area (Å²) in [5.41, 5.74) is 1.43. The maximum absolute atomic E-state index is 10.6. The summed E-state index contributed by atoms with van der Waals surface area (Å²) in [6.07, 6.45) is 1.89. The van der Waals surface area contributed by atoms with Crippen molar-refractivity contribution < 1.29 is 5.11 Å². The summed E-state index contributed by atoms with van der Waals surface area (Å²) in [6.45, 7) is 4.63. The van der Waals surface area contributed by atoms with Crippen molar-refractivity contribution in [1.82, 2.24) is 20.2 Å². The second-order valence-electron chi connectivity index (χ2n) is 5.69. The Morgan fingerprint density at radius 3 is 2.82 bits per heavy atom. The van der Waals surface area contributed by atoms with E-state index in [9.17, 15) is 5.11 Å². The van der Waals surface area contributed by atoms with E-state index in [0.29, 0.717) is 17.7 Å². The Balaban J connectivity index is 1.69. The molecule has 0 spiro atoms. The summed E-state index contributed by atoms with van der Waals surface area (Å²) in [5, 5.41) is 25.9. The number of aryl methyl sites for hydroxylation is 1. The van der Waals surface area contributed by atoms with Crippen LogP contribution in [-0.2, 0) is 0 Å². The molecule has 6 nitrogen and oxygen atoms in total. The molecule has 0 amide bonds. The molecule has 2 aromatic rings. The number of hydrogen-bond donors (Lipinski definition) is 2. The van der Waals surface area contributed by atoms with Gasteiger partial charge in [-0.1, -0.05) is 29.7 Å². The molecule has 0 radical (unpaired) electrons. The second kappa shape index (κ2) is 6.26. The number of hydrogen-bond acceptors (Lipinski definition) is 6. The lowest BCUT2D eigenvalue weighted by Crippen LogP contribution is -2.54. The number of rotatable bonds is 6. The molecule has 1 fully saturated rings. The molecule has 1 aromatic heterocycles. The molecule has 7 heteroatoms. The van der Waals surface area contributed by atoms with E-state index in [4.69, 9.17) is 0 Å². The van der Waals surface area contributed by atoms with Crippen LogP contribution < -0.4 is 5.32 Å². The van der Waals surface area contributed by atoms with E-state index in [1.54, 1.807) is 4.68 Å². The highest BCUT2D eigenvalue weighted by Gasteiger charge is 2.45. The fourth-order valence-corrected chi connectivity index (χ4v) is 3.82. The lowest BCUT2D eigenvalue weighted by atomic mass is 9.79. The predicted molar refractivity (Wildman–Crippen MR) is 88.5 cm³/mol. The summed E-state index contributed by atoms with van der Waals surface area (Å²) < 4.78 is 1.66. The van der Waals surface area contributed by atoms with Gasteiger partial charge in [-0.25, -0.2) is 0 Å². The molecule has 2 N–H and O–H groups in total. The van der Waals surface area contributed by atoms with Crippen LogP contribution in [0.1, 0.15) is 25.3 Å². The molecule has 0 aliphatic heterocycles. The van der Waals surface area contributed by atoms with E-state index in [-0.39, 0.29) is 0 Å². The Morgan fingerprint density at radius 2 is 2.18 bits per heavy atom. The van der Waals surface area contributed by atoms with Crippen LogP contribution in [0, 0.1) is 6.92 Å². The van der Waals surface area contributed by atoms with E-state index >= 15 is 0 Å². The van der Waals surface area contributed by atoms with Gasteiger partial charge in [-0.2, -0.15) is 16.4 Å². The zero-order valence-corrected chi connectivity index (χ0v) is 13.7. The van der Waals surface area contributed by atoms with Crippen molar-refractivity contribution in [2.75, 3.05) is 17.6 Å². The highest BCUT2D eigenvalue weighted by atomic mass is 32.2. The molecule has 2 atom stereocenters. The fraction of sp³-hybridized carbons (Fsp3) is 0.533. The molecule has 1 aromatic carbocycles. The molecule has 1 heterocycles. The fourth-order valence-electron chi connectivity index (χ4n) is 2.63. The standard InChI is InChI=1S/C15H21N5OS/c1-3-22-13-8-9-15(13,21)10-16-14-17-18-19-20(14)12-6-4-11(2)5-7-12/h4-7,13,21H,3,8-10H2,1-2H3,(H,16,17,19). The molecule has 0 saturated heterocycles. The predicted octanol–water partition coefficient (Wildman–Crippen LogP) is 2.03. The Labute approximate surface area is 134 Å². The van der Waals surface area contributed by atoms with Crippen molar-refractivity contribution in [2.24, 2.45) is 0 Å². The quantitative estimate of drug-likeness (QED) is 0.848. The number of benzene rings is 1. The van der Waals surface area contributed by atoms with Crippen LogP contribution in [0.25, 0.3) is 5.69 Å². The monoisotopic (exact) mass is 319 g/mol. The van der Waals surface area contributed by atoms with Gasteiger partial charge in [0.2, 0.25) is 5.95 Å². The SMILES string of the molecule is CCSC1CCC1(O)CNc1nnnn1-c1ccc(C)cc1. The van der Waals surface area contributed by atoms with Crippen molar-refractivity contribution in [1.29, 1.82) is 0 Å². The van der Waals surface area contributed by atoms with Crippen LogP contribution in [0.4, 0.5) is 5.95 Å². The van der Waals surface area contributed by atoms with Gasteiger partial charge in [0.15, 0.2) is 0 Å². The minimum atomic E-state index is -0.662. The van der Waals surface area contributed by atoms with Gasteiger partial charge in [0.1, 0.15) is 0 Å². The van der Waals surface area contributed by atoms with Crippen LogP contribution in [0.5, 0.6) is 0 Å². The molecule has 1 aliphatic carbocycles. The average molecular weight is 319 g/mol. The van der Waals surface area contributed by atoms with E-state index in [0.717, 1.165) is 24.3 Å². The van der Waals surface area contributed by atoms with Gasteiger partial charge >= 0.3 is 0 Å². The molecule has 1 saturated carbocycles. The normalized spacial score (nSPS) is 24.0. The number of thioether (sulfide) groups is 1.